The van der Waals surface area contributed by atoms with Crippen LogP contribution in [0.1, 0.15) is 47.5 Å². The Morgan fingerprint density at radius 1 is 1.33 bits per heavy atom. The molecule has 0 fully saturated rings. The summed E-state index contributed by atoms with van der Waals surface area (Å²) in [5.74, 6) is 1.71. The lowest BCUT2D eigenvalue weighted by Gasteiger charge is -2.37. The number of rotatable bonds is 1. The van der Waals surface area contributed by atoms with Gasteiger partial charge in [0.05, 0.1) is 0 Å². The van der Waals surface area contributed by atoms with Crippen LogP contribution in [0.3, 0.4) is 0 Å². The van der Waals surface area contributed by atoms with E-state index in [0.717, 1.165) is 13.0 Å². The number of nitrogens with zero attached hydrogens (tertiary/aromatic N) is 2. The Morgan fingerprint density at radius 3 is 2.53 bits per heavy atom. The quantitative estimate of drug-likeness (QED) is 0.644. The summed E-state index contributed by atoms with van der Waals surface area (Å²) >= 11 is 0. The minimum Gasteiger partial charge on any atom is -0.332 e. The van der Waals surface area contributed by atoms with Crippen LogP contribution in [0.5, 0.6) is 0 Å². The van der Waals surface area contributed by atoms with E-state index in [2.05, 4.69) is 51.8 Å². The maximum absolute atomic E-state index is 4.72. The Kier molecular flexibility index (Phi) is 3.95. The van der Waals surface area contributed by atoms with Crippen molar-refractivity contribution in [3.63, 3.8) is 0 Å². The monoisotopic (exact) mass is 208 g/mol. The van der Waals surface area contributed by atoms with Crippen molar-refractivity contribution >= 4 is 5.84 Å². The summed E-state index contributed by atoms with van der Waals surface area (Å²) in [6, 6.07) is 0. The molecule has 0 aromatic rings. The molecule has 0 unspecified atom stereocenters. The Labute approximate surface area is 94.1 Å². The fourth-order valence-electron chi connectivity index (χ4n) is 1.76. The van der Waals surface area contributed by atoms with E-state index < -0.39 is 0 Å². The van der Waals surface area contributed by atoms with E-state index in [9.17, 15) is 0 Å². The molecule has 1 rings (SSSR count). The van der Waals surface area contributed by atoms with Crippen LogP contribution in [-0.2, 0) is 0 Å². The average molecular weight is 208 g/mol. The summed E-state index contributed by atoms with van der Waals surface area (Å²) < 4.78 is 0. The highest BCUT2D eigenvalue weighted by molar-refractivity contribution is 5.85. The number of hydrogen-bond donors (Lipinski definition) is 0. The van der Waals surface area contributed by atoms with Crippen LogP contribution in [0.25, 0.3) is 0 Å². The molecule has 0 spiro atoms. The highest BCUT2D eigenvalue weighted by atomic mass is 15.2. The molecule has 0 atom stereocenters. The van der Waals surface area contributed by atoms with Gasteiger partial charge in [-0.1, -0.05) is 19.9 Å². The predicted octanol–water partition coefficient (Wildman–Crippen LogP) is 3.45. The van der Waals surface area contributed by atoms with E-state index in [1.165, 1.54) is 12.3 Å². The van der Waals surface area contributed by atoms with Crippen molar-refractivity contribution < 1.29 is 0 Å². The highest BCUT2D eigenvalue weighted by Crippen LogP contribution is 2.20. The molecule has 1 aliphatic rings. The maximum Gasteiger partial charge on any atom is 0.106 e. The highest BCUT2D eigenvalue weighted by Gasteiger charge is 2.24. The van der Waals surface area contributed by atoms with E-state index in [1.54, 1.807) is 0 Å². The van der Waals surface area contributed by atoms with Crippen molar-refractivity contribution in [3.05, 3.63) is 12.3 Å². The van der Waals surface area contributed by atoms with Crippen LogP contribution >= 0.6 is 0 Å². The Balaban J connectivity index is 2.98. The van der Waals surface area contributed by atoms with Crippen molar-refractivity contribution in [1.29, 1.82) is 0 Å². The second-order valence-corrected chi connectivity index (χ2v) is 5.46. The first-order chi connectivity index (χ1) is 6.93. The number of aliphatic imine (C=N–C) groups is 1. The minimum atomic E-state index is 0.122. The molecule has 0 radical (unpaired) electrons. The van der Waals surface area contributed by atoms with Gasteiger partial charge in [0.1, 0.15) is 5.84 Å². The van der Waals surface area contributed by atoms with Crippen LogP contribution < -0.4 is 0 Å². The van der Waals surface area contributed by atoms with Crippen LogP contribution in [0.4, 0.5) is 0 Å². The van der Waals surface area contributed by atoms with Crippen LogP contribution in [0.15, 0.2) is 17.3 Å². The Morgan fingerprint density at radius 2 is 2.00 bits per heavy atom. The number of hydrogen-bond acceptors (Lipinski definition) is 2. The summed E-state index contributed by atoms with van der Waals surface area (Å²) in [5, 5.41) is 0. The summed E-state index contributed by atoms with van der Waals surface area (Å²) in [4.78, 5) is 7.04. The van der Waals surface area contributed by atoms with Crippen molar-refractivity contribution in [2.45, 2.75) is 53.0 Å². The molecule has 0 amide bonds. The SMILES string of the molecule is CC(C)C1=NCCC/C=C\N1C(C)(C)C. The summed E-state index contributed by atoms with van der Waals surface area (Å²) in [7, 11) is 0. The van der Waals surface area contributed by atoms with E-state index in [0.29, 0.717) is 5.92 Å². The third-order valence-corrected chi connectivity index (χ3v) is 2.54. The van der Waals surface area contributed by atoms with Crippen LogP contribution in [0, 0.1) is 5.92 Å². The number of amidine groups is 1. The van der Waals surface area contributed by atoms with Crippen molar-refractivity contribution in [2.24, 2.45) is 10.9 Å². The lowest BCUT2D eigenvalue weighted by molar-refractivity contribution is 0.298. The summed E-state index contributed by atoms with van der Waals surface area (Å²) in [6.45, 7) is 12.1. The zero-order chi connectivity index (χ0) is 11.5. The van der Waals surface area contributed by atoms with Gasteiger partial charge in [0.2, 0.25) is 0 Å². The van der Waals surface area contributed by atoms with Gasteiger partial charge in [0.15, 0.2) is 0 Å². The summed E-state index contributed by atoms with van der Waals surface area (Å²) in [6.07, 6.45) is 6.78. The van der Waals surface area contributed by atoms with Gasteiger partial charge < -0.3 is 4.90 Å². The van der Waals surface area contributed by atoms with E-state index in [4.69, 9.17) is 4.99 Å². The molecule has 0 saturated heterocycles. The van der Waals surface area contributed by atoms with Gasteiger partial charge in [-0.15, -0.1) is 0 Å². The van der Waals surface area contributed by atoms with Crippen LogP contribution in [-0.4, -0.2) is 22.8 Å². The Hall–Kier alpha value is -0.790. The molecule has 1 heterocycles. The molecular weight excluding hydrogens is 184 g/mol. The molecule has 2 nitrogen and oxygen atoms in total. The normalized spacial score (nSPS) is 20.9. The van der Waals surface area contributed by atoms with Crippen molar-refractivity contribution in [2.75, 3.05) is 6.54 Å². The van der Waals surface area contributed by atoms with Gasteiger partial charge in [-0.3, -0.25) is 4.99 Å². The molecule has 2 heteroatoms. The first-order valence-electron chi connectivity index (χ1n) is 5.93. The zero-order valence-electron chi connectivity index (χ0n) is 10.7. The van der Waals surface area contributed by atoms with Gasteiger partial charge in [0, 0.05) is 24.2 Å². The third-order valence-electron chi connectivity index (χ3n) is 2.54. The van der Waals surface area contributed by atoms with Gasteiger partial charge in [-0.05, 0) is 33.6 Å². The zero-order valence-corrected chi connectivity index (χ0v) is 10.7. The van der Waals surface area contributed by atoms with Crippen LogP contribution in [0.2, 0.25) is 0 Å². The predicted molar refractivity (Wildman–Crippen MR) is 67.1 cm³/mol. The first-order valence-corrected chi connectivity index (χ1v) is 5.93. The second-order valence-electron chi connectivity index (χ2n) is 5.46. The van der Waals surface area contributed by atoms with E-state index >= 15 is 0 Å². The summed E-state index contributed by atoms with van der Waals surface area (Å²) in [5.41, 5.74) is 0.122. The minimum absolute atomic E-state index is 0.122. The fraction of sp³-hybridized carbons (Fsp3) is 0.769. The number of allylic oxidation sites excluding steroid dienone is 1. The lowest BCUT2D eigenvalue weighted by Crippen LogP contribution is -2.44. The molecule has 0 aliphatic carbocycles. The van der Waals surface area contributed by atoms with Crippen molar-refractivity contribution in [1.82, 2.24) is 4.90 Å². The smallest absolute Gasteiger partial charge is 0.106 e. The molecule has 0 aromatic heterocycles. The molecule has 15 heavy (non-hydrogen) atoms. The van der Waals surface area contributed by atoms with Gasteiger partial charge in [-0.2, -0.15) is 0 Å². The van der Waals surface area contributed by atoms with E-state index in [-0.39, 0.29) is 5.54 Å². The largest absolute Gasteiger partial charge is 0.332 e. The molecule has 0 aromatic carbocycles. The van der Waals surface area contributed by atoms with Gasteiger partial charge in [0.25, 0.3) is 0 Å². The molecule has 0 N–H and O–H groups in total. The molecular formula is C13H24N2. The first kappa shape index (κ1) is 12.3. The molecule has 1 aliphatic heterocycles. The topological polar surface area (TPSA) is 15.6 Å². The maximum atomic E-state index is 4.72. The van der Waals surface area contributed by atoms with Gasteiger partial charge in [-0.25, -0.2) is 0 Å². The molecule has 0 bridgehead atoms. The Bertz CT molecular complexity index is 256. The second kappa shape index (κ2) is 4.82. The molecule has 0 saturated carbocycles. The van der Waals surface area contributed by atoms with Gasteiger partial charge >= 0.3 is 0 Å². The third kappa shape index (κ3) is 3.37. The van der Waals surface area contributed by atoms with E-state index in [1.807, 2.05) is 0 Å². The standard InChI is InChI=1S/C13H24N2/c1-11(2)12-14-9-7-6-8-10-15(12)13(3,4)5/h8,10-11H,6-7,9H2,1-5H3/b10-8-,14-12?. The fourth-order valence-corrected chi connectivity index (χ4v) is 1.76. The lowest BCUT2D eigenvalue weighted by atomic mass is 10.0. The molecule has 86 valence electrons. The average Bonchev–Trinajstić information content (AvgIpc) is 1.99. The van der Waals surface area contributed by atoms with Crippen molar-refractivity contribution in [3.8, 4) is 0 Å².